The zero-order valence-corrected chi connectivity index (χ0v) is 13.8. The Hall–Kier alpha value is -2.88. The largest absolute Gasteiger partial charge is 0.360 e. The van der Waals surface area contributed by atoms with Crippen molar-refractivity contribution in [2.24, 2.45) is 0 Å². The van der Waals surface area contributed by atoms with E-state index in [1.54, 1.807) is 6.20 Å². The first-order chi connectivity index (χ1) is 11.7. The molecule has 2 N–H and O–H groups in total. The van der Waals surface area contributed by atoms with E-state index in [0.717, 1.165) is 40.6 Å². The van der Waals surface area contributed by atoms with Gasteiger partial charge < -0.3 is 10.3 Å². The molecular formula is C20H20N2O2. The van der Waals surface area contributed by atoms with Crippen LogP contribution in [0.3, 0.4) is 0 Å². The highest BCUT2D eigenvalue weighted by Gasteiger charge is 2.21. The van der Waals surface area contributed by atoms with Crippen molar-refractivity contribution in [2.45, 2.75) is 26.7 Å². The van der Waals surface area contributed by atoms with Crippen molar-refractivity contribution in [1.82, 2.24) is 4.98 Å². The fourth-order valence-electron chi connectivity index (χ4n) is 2.96. The van der Waals surface area contributed by atoms with Gasteiger partial charge >= 0.3 is 0 Å². The Balaban J connectivity index is 1.92. The average molecular weight is 320 g/mol. The Morgan fingerprint density at radius 2 is 1.62 bits per heavy atom. The number of anilines is 1. The van der Waals surface area contributed by atoms with Gasteiger partial charge in [-0.2, -0.15) is 0 Å². The lowest BCUT2D eigenvalue weighted by molar-refractivity contribution is -0.112. The number of aromatic nitrogens is 1. The van der Waals surface area contributed by atoms with Gasteiger partial charge in [-0.05, 0) is 30.0 Å². The minimum absolute atomic E-state index is 0.398. The summed E-state index contributed by atoms with van der Waals surface area (Å²) in [6.07, 6.45) is 3.19. The van der Waals surface area contributed by atoms with Crippen LogP contribution in [-0.2, 0) is 17.6 Å². The number of fused-ring (bicyclic) bond motifs is 1. The molecule has 0 aliphatic carbocycles. The minimum atomic E-state index is -0.602. The number of H-pyrrole nitrogens is 1. The van der Waals surface area contributed by atoms with Gasteiger partial charge in [0.25, 0.3) is 11.7 Å². The molecule has 1 heterocycles. The molecule has 122 valence electrons. The van der Waals surface area contributed by atoms with Crippen LogP contribution in [0.5, 0.6) is 0 Å². The number of aromatic amines is 1. The molecular weight excluding hydrogens is 300 g/mol. The van der Waals surface area contributed by atoms with E-state index in [1.807, 2.05) is 56.3 Å². The number of hydrogen-bond donors (Lipinski definition) is 2. The molecule has 3 aromatic rings. The molecule has 0 unspecified atom stereocenters. The van der Waals surface area contributed by atoms with Gasteiger partial charge in [-0.25, -0.2) is 0 Å². The Kier molecular flexibility index (Phi) is 4.47. The normalized spacial score (nSPS) is 10.8. The summed E-state index contributed by atoms with van der Waals surface area (Å²) >= 11 is 0. The fraction of sp³-hybridized carbons (Fsp3) is 0.200. The standard InChI is InChI=1S/C20H20N2O2/c1-3-13-8-7-9-14(4-2)18(13)22-20(24)19(23)16-12-21-17-11-6-5-10-15(16)17/h5-12,21H,3-4H2,1-2H3,(H,22,24). The van der Waals surface area contributed by atoms with Crippen LogP contribution in [-0.4, -0.2) is 16.7 Å². The van der Waals surface area contributed by atoms with Crippen LogP contribution < -0.4 is 5.32 Å². The number of carbonyl (C=O) groups is 2. The molecule has 0 saturated heterocycles. The SMILES string of the molecule is CCc1cccc(CC)c1NC(=O)C(=O)c1c[nH]c2ccccc12. The van der Waals surface area contributed by atoms with Gasteiger partial charge in [0.15, 0.2) is 0 Å². The molecule has 0 saturated carbocycles. The van der Waals surface area contributed by atoms with Crippen LogP contribution >= 0.6 is 0 Å². The lowest BCUT2D eigenvalue weighted by atomic mass is 10.0. The summed E-state index contributed by atoms with van der Waals surface area (Å²) in [5.74, 6) is -1.13. The first-order valence-electron chi connectivity index (χ1n) is 8.18. The Morgan fingerprint density at radius 3 is 2.29 bits per heavy atom. The summed E-state index contributed by atoms with van der Waals surface area (Å²) < 4.78 is 0. The molecule has 2 aromatic carbocycles. The highest BCUT2D eigenvalue weighted by atomic mass is 16.2. The zero-order chi connectivity index (χ0) is 17.1. The van der Waals surface area contributed by atoms with Gasteiger partial charge in [0, 0.05) is 22.8 Å². The molecule has 24 heavy (non-hydrogen) atoms. The van der Waals surface area contributed by atoms with E-state index < -0.39 is 11.7 Å². The van der Waals surface area contributed by atoms with Crippen LogP contribution in [0.25, 0.3) is 10.9 Å². The molecule has 0 aliphatic heterocycles. The second-order valence-electron chi connectivity index (χ2n) is 5.69. The maximum absolute atomic E-state index is 12.6. The molecule has 0 bridgehead atoms. The van der Waals surface area contributed by atoms with Crippen molar-refractivity contribution in [2.75, 3.05) is 5.32 Å². The molecule has 0 fully saturated rings. The highest BCUT2D eigenvalue weighted by molar-refractivity contribution is 6.48. The summed E-state index contributed by atoms with van der Waals surface area (Å²) in [6, 6.07) is 13.4. The van der Waals surface area contributed by atoms with Crippen molar-refractivity contribution in [3.63, 3.8) is 0 Å². The summed E-state index contributed by atoms with van der Waals surface area (Å²) in [5, 5.41) is 3.59. The van der Waals surface area contributed by atoms with Crippen molar-refractivity contribution in [3.8, 4) is 0 Å². The van der Waals surface area contributed by atoms with Crippen LogP contribution in [0, 0.1) is 0 Å². The first kappa shape index (κ1) is 16.0. The Bertz CT molecular complexity index is 887. The number of nitrogens with one attached hydrogen (secondary N) is 2. The fourth-order valence-corrected chi connectivity index (χ4v) is 2.96. The highest BCUT2D eigenvalue weighted by Crippen LogP contribution is 2.24. The van der Waals surface area contributed by atoms with Gasteiger partial charge in [0.2, 0.25) is 0 Å². The predicted molar refractivity (Wildman–Crippen MR) is 96.5 cm³/mol. The van der Waals surface area contributed by atoms with Crippen LogP contribution in [0.4, 0.5) is 5.69 Å². The van der Waals surface area contributed by atoms with E-state index in [0.29, 0.717) is 5.56 Å². The van der Waals surface area contributed by atoms with Crippen molar-refractivity contribution < 1.29 is 9.59 Å². The Labute approximate surface area is 140 Å². The third-order valence-electron chi connectivity index (χ3n) is 4.28. The molecule has 4 heteroatoms. The summed E-state index contributed by atoms with van der Waals surface area (Å²) in [6.45, 7) is 4.07. The monoisotopic (exact) mass is 320 g/mol. The number of benzene rings is 2. The molecule has 0 spiro atoms. The topological polar surface area (TPSA) is 62.0 Å². The maximum Gasteiger partial charge on any atom is 0.296 e. The van der Waals surface area contributed by atoms with E-state index in [9.17, 15) is 9.59 Å². The average Bonchev–Trinajstić information content (AvgIpc) is 3.05. The van der Waals surface area contributed by atoms with E-state index in [4.69, 9.17) is 0 Å². The second-order valence-corrected chi connectivity index (χ2v) is 5.69. The van der Waals surface area contributed by atoms with Gasteiger partial charge in [0.05, 0.1) is 5.56 Å². The van der Waals surface area contributed by atoms with Crippen LogP contribution in [0.15, 0.2) is 48.7 Å². The zero-order valence-electron chi connectivity index (χ0n) is 13.8. The van der Waals surface area contributed by atoms with E-state index in [-0.39, 0.29) is 0 Å². The van der Waals surface area contributed by atoms with Crippen molar-refractivity contribution in [3.05, 3.63) is 65.4 Å². The molecule has 0 atom stereocenters. The number of para-hydroxylation sites is 2. The number of Topliss-reactive ketones (excluding diaryl/α,β-unsaturated/α-hetero) is 1. The number of carbonyl (C=O) groups excluding carboxylic acids is 2. The number of amides is 1. The van der Waals surface area contributed by atoms with Gasteiger partial charge in [0.1, 0.15) is 0 Å². The predicted octanol–water partition coefficient (Wildman–Crippen LogP) is 4.11. The quantitative estimate of drug-likeness (QED) is 0.549. The Morgan fingerprint density at radius 1 is 0.958 bits per heavy atom. The molecule has 0 radical (unpaired) electrons. The van der Waals surface area contributed by atoms with Gasteiger partial charge in [-0.3, -0.25) is 9.59 Å². The van der Waals surface area contributed by atoms with Gasteiger partial charge in [-0.1, -0.05) is 50.2 Å². The lowest BCUT2D eigenvalue weighted by Crippen LogP contribution is -2.24. The van der Waals surface area contributed by atoms with Gasteiger partial charge in [-0.15, -0.1) is 0 Å². The third-order valence-corrected chi connectivity index (χ3v) is 4.28. The summed E-state index contributed by atoms with van der Waals surface area (Å²) in [4.78, 5) is 28.1. The molecule has 3 rings (SSSR count). The number of hydrogen-bond acceptors (Lipinski definition) is 2. The minimum Gasteiger partial charge on any atom is -0.360 e. The first-order valence-corrected chi connectivity index (χ1v) is 8.18. The van der Waals surface area contributed by atoms with E-state index >= 15 is 0 Å². The molecule has 1 amide bonds. The molecule has 4 nitrogen and oxygen atoms in total. The maximum atomic E-state index is 12.6. The summed E-state index contributed by atoms with van der Waals surface area (Å²) in [5.41, 5.74) is 4.08. The molecule has 1 aromatic heterocycles. The number of ketones is 1. The van der Waals surface area contributed by atoms with Crippen LogP contribution in [0.1, 0.15) is 35.3 Å². The lowest BCUT2D eigenvalue weighted by Gasteiger charge is -2.13. The van der Waals surface area contributed by atoms with Crippen LogP contribution in [0.2, 0.25) is 0 Å². The number of aryl methyl sites for hydroxylation is 2. The third kappa shape index (κ3) is 2.83. The summed E-state index contributed by atoms with van der Waals surface area (Å²) in [7, 11) is 0. The van der Waals surface area contributed by atoms with Crippen molar-refractivity contribution >= 4 is 28.3 Å². The smallest absolute Gasteiger partial charge is 0.296 e. The second kappa shape index (κ2) is 6.71. The van der Waals surface area contributed by atoms with E-state index in [1.165, 1.54) is 0 Å². The number of rotatable bonds is 5. The molecule has 0 aliphatic rings. The van der Waals surface area contributed by atoms with Crippen molar-refractivity contribution in [1.29, 1.82) is 0 Å². The van der Waals surface area contributed by atoms with E-state index in [2.05, 4.69) is 10.3 Å².